The van der Waals surface area contributed by atoms with Gasteiger partial charge in [0.15, 0.2) is 0 Å². The van der Waals surface area contributed by atoms with E-state index < -0.39 is 5.60 Å². The maximum absolute atomic E-state index is 12.2. The Balaban J connectivity index is 1.66. The van der Waals surface area contributed by atoms with Crippen LogP contribution in [-0.2, 0) is 4.74 Å². The van der Waals surface area contributed by atoms with Gasteiger partial charge < -0.3 is 9.64 Å². The molecule has 26 heavy (non-hydrogen) atoms. The first-order valence-corrected chi connectivity index (χ1v) is 9.48. The fourth-order valence-electron chi connectivity index (χ4n) is 3.43. The molecule has 3 heteroatoms. The third kappa shape index (κ3) is 4.46. The van der Waals surface area contributed by atoms with E-state index in [1.165, 1.54) is 22.3 Å². The molecule has 1 aromatic carbocycles. The lowest BCUT2D eigenvalue weighted by Crippen LogP contribution is -2.39. The molecule has 0 N–H and O–H groups in total. The molecule has 138 valence electrons. The van der Waals surface area contributed by atoms with Crippen LogP contribution in [0.4, 0.5) is 4.79 Å². The van der Waals surface area contributed by atoms with Crippen molar-refractivity contribution < 1.29 is 9.53 Å². The van der Waals surface area contributed by atoms with Crippen LogP contribution in [0.25, 0.3) is 11.1 Å². The minimum absolute atomic E-state index is 0.227. The molecule has 0 spiro atoms. The van der Waals surface area contributed by atoms with Crippen LogP contribution >= 0.6 is 0 Å². The van der Waals surface area contributed by atoms with Crippen molar-refractivity contribution in [2.75, 3.05) is 13.1 Å². The normalized spacial score (nSPS) is 20.5. The van der Waals surface area contributed by atoms with Gasteiger partial charge in [0.1, 0.15) is 5.60 Å². The molecule has 1 unspecified atom stereocenters. The number of hydrogen-bond donors (Lipinski definition) is 0. The molecule has 1 atom stereocenters. The third-order valence-electron chi connectivity index (χ3n) is 4.88. The summed E-state index contributed by atoms with van der Waals surface area (Å²) in [6, 6.07) is 8.85. The summed E-state index contributed by atoms with van der Waals surface area (Å²) in [6.07, 6.45) is 10.5. The Bertz CT molecular complexity index is 747. The van der Waals surface area contributed by atoms with Crippen molar-refractivity contribution >= 4 is 17.2 Å². The quantitative estimate of drug-likeness (QED) is 0.685. The molecule has 1 aromatic rings. The number of carbonyl (C=O) groups excluding carboxylic acids is 1. The summed E-state index contributed by atoms with van der Waals surface area (Å²) >= 11 is 0. The largest absolute Gasteiger partial charge is 0.444 e. The van der Waals surface area contributed by atoms with Crippen molar-refractivity contribution in [3.63, 3.8) is 0 Å². The van der Waals surface area contributed by atoms with Gasteiger partial charge in [-0.05, 0) is 61.8 Å². The predicted molar refractivity (Wildman–Crippen MR) is 108 cm³/mol. The summed E-state index contributed by atoms with van der Waals surface area (Å²) in [6.45, 7) is 9.29. The molecule has 0 saturated heterocycles. The minimum Gasteiger partial charge on any atom is -0.444 e. The van der Waals surface area contributed by atoms with Gasteiger partial charge in [-0.1, -0.05) is 55.5 Å². The van der Waals surface area contributed by atoms with Crippen LogP contribution in [0.1, 0.15) is 51.7 Å². The Morgan fingerprint density at radius 2 is 1.85 bits per heavy atom. The molecular weight excluding hydrogens is 322 g/mol. The van der Waals surface area contributed by atoms with E-state index in [9.17, 15) is 4.79 Å². The summed E-state index contributed by atoms with van der Waals surface area (Å²) in [5, 5.41) is 0. The molecule has 1 aliphatic heterocycles. The molecule has 3 rings (SSSR count). The SMILES string of the molecule is CC1CC=CC=C1c1ccc(C2=CCN(C(=O)OC(C)(C)C)CC2)cc1. The summed E-state index contributed by atoms with van der Waals surface area (Å²) in [4.78, 5) is 13.9. The molecule has 0 aromatic heterocycles. The van der Waals surface area contributed by atoms with Gasteiger partial charge in [-0.15, -0.1) is 0 Å². The molecule has 1 aliphatic carbocycles. The van der Waals surface area contributed by atoms with Crippen LogP contribution in [0.2, 0.25) is 0 Å². The van der Waals surface area contributed by atoms with Crippen LogP contribution in [0.15, 0.2) is 48.6 Å². The molecule has 0 radical (unpaired) electrons. The Morgan fingerprint density at radius 1 is 1.15 bits per heavy atom. The predicted octanol–water partition coefficient (Wildman–Crippen LogP) is 5.69. The average molecular weight is 351 g/mol. The molecule has 2 aliphatic rings. The highest BCUT2D eigenvalue weighted by Gasteiger charge is 2.24. The van der Waals surface area contributed by atoms with Crippen molar-refractivity contribution in [3.05, 3.63) is 59.7 Å². The maximum Gasteiger partial charge on any atom is 0.410 e. The number of amides is 1. The standard InChI is InChI=1S/C23H29NO2/c1-17-7-5-6-8-21(17)20-11-9-18(10-12-20)19-13-15-24(16-14-19)22(25)26-23(2,3)4/h5-6,8-13,17H,7,14-16H2,1-4H3. The first kappa shape index (κ1) is 18.5. The minimum atomic E-state index is -0.447. The second-order valence-electron chi connectivity index (χ2n) is 8.17. The highest BCUT2D eigenvalue weighted by atomic mass is 16.6. The Kier molecular flexibility index (Phi) is 5.36. The summed E-state index contributed by atoms with van der Waals surface area (Å²) in [5.74, 6) is 0.571. The number of carbonyl (C=O) groups is 1. The lowest BCUT2D eigenvalue weighted by Gasteiger charge is -2.29. The summed E-state index contributed by atoms with van der Waals surface area (Å²) < 4.78 is 5.46. The first-order valence-electron chi connectivity index (χ1n) is 9.48. The highest BCUT2D eigenvalue weighted by Crippen LogP contribution is 2.31. The van der Waals surface area contributed by atoms with E-state index in [1.807, 2.05) is 20.8 Å². The molecule has 3 nitrogen and oxygen atoms in total. The molecule has 0 fully saturated rings. The van der Waals surface area contributed by atoms with Gasteiger partial charge in [0.2, 0.25) is 0 Å². The van der Waals surface area contributed by atoms with E-state index in [4.69, 9.17) is 4.74 Å². The summed E-state index contributed by atoms with van der Waals surface area (Å²) in [7, 11) is 0. The fourth-order valence-corrected chi connectivity index (χ4v) is 3.43. The average Bonchev–Trinajstić information content (AvgIpc) is 2.61. The van der Waals surface area contributed by atoms with Crippen molar-refractivity contribution in [3.8, 4) is 0 Å². The van der Waals surface area contributed by atoms with Gasteiger partial charge in [0.05, 0.1) is 0 Å². The van der Waals surface area contributed by atoms with E-state index in [0.29, 0.717) is 19.0 Å². The fraction of sp³-hybridized carbons (Fsp3) is 0.435. The number of rotatable bonds is 2. The van der Waals surface area contributed by atoms with Crippen LogP contribution < -0.4 is 0 Å². The van der Waals surface area contributed by atoms with Gasteiger partial charge in [-0.25, -0.2) is 4.79 Å². The Labute approximate surface area is 157 Å². The lowest BCUT2D eigenvalue weighted by molar-refractivity contribution is 0.0270. The lowest BCUT2D eigenvalue weighted by atomic mass is 9.87. The van der Waals surface area contributed by atoms with Crippen LogP contribution in [0.5, 0.6) is 0 Å². The smallest absolute Gasteiger partial charge is 0.410 e. The second-order valence-corrected chi connectivity index (χ2v) is 8.17. The monoisotopic (exact) mass is 351 g/mol. The zero-order valence-corrected chi connectivity index (χ0v) is 16.3. The van der Waals surface area contributed by atoms with Gasteiger partial charge >= 0.3 is 6.09 Å². The zero-order valence-electron chi connectivity index (χ0n) is 16.3. The van der Waals surface area contributed by atoms with E-state index in [1.54, 1.807) is 4.90 Å². The topological polar surface area (TPSA) is 29.5 Å². The van der Waals surface area contributed by atoms with E-state index >= 15 is 0 Å². The van der Waals surface area contributed by atoms with Crippen LogP contribution in [0.3, 0.4) is 0 Å². The van der Waals surface area contributed by atoms with Crippen molar-refractivity contribution in [1.82, 2.24) is 4.90 Å². The highest BCUT2D eigenvalue weighted by molar-refractivity contribution is 5.75. The molecule has 0 bridgehead atoms. The van der Waals surface area contributed by atoms with E-state index in [-0.39, 0.29) is 6.09 Å². The number of hydrogen-bond acceptors (Lipinski definition) is 2. The number of nitrogens with zero attached hydrogens (tertiary/aromatic N) is 1. The number of allylic oxidation sites excluding steroid dienone is 4. The van der Waals surface area contributed by atoms with E-state index in [2.05, 4.69) is 55.5 Å². The molecule has 0 saturated carbocycles. The number of benzene rings is 1. The van der Waals surface area contributed by atoms with Gasteiger partial charge in [-0.2, -0.15) is 0 Å². The van der Waals surface area contributed by atoms with Gasteiger partial charge in [0, 0.05) is 13.1 Å². The summed E-state index contributed by atoms with van der Waals surface area (Å²) in [5.41, 5.74) is 4.82. The zero-order chi connectivity index (χ0) is 18.7. The van der Waals surface area contributed by atoms with Crippen molar-refractivity contribution in [2.45, 2.75) is 46.1 Å². The van der Waals surface area contributed by atoms with Crippen molar-refractivity contribution in [2.24, 2.45) is 5.92 Å². The second kappa shape index (κ2) is 7.53. The Hall–Kier alpha value is -2.29. The Morgan fingerprint density at radius 3 is 2.42 bits per heavy atom. The molecular formula is C23H29NO2. The maximum atomic E-state index is 12.2. The van der Waals surface area contributed by atoms with Crippen LogP contribution in [-0.4, -0.2) is 29.7 Å². The van der Waals surface area contributed by atoms with Crippen LogP contribution in [0, 0.1) is 5.92 Å². The molecule has 1 heterocycles. The molecule has 1 amide bonds. The number of ether oxygens (including phenoxy) is 1. The van der Waals surface area contributed by atoms with E-state index in [0.717, 1.165) is 12.8 Å². The van der Waals surface area contributed by atoms with Gasteiger partial charge in [0.25, 0.3) is 0 Å². The van der Waals surface area contributed by atoms with Gasteiger partial charge in [-0.3, -0.25) is 0 Å². The first-order chi connectivity index (χ1) is 12.3. The van der Waals surface area contributed by atoms with Crippen molar-refractivity contribution in [1.29, 1.82) is 0 Å². The third-order valence-corrected chi connectivity index (χ3v) is 4.88.